The number of H-pyrrole nitrogens is 1. The van der Waals surface area contributed by atoms with Crippen LogP contribution in [0.15, 0.2) is 29.4 Å². The summed E-state index contributed by atoms with van der Waals surface area (Å²) >= 11 is 0. The Kier molecular flexibility index (Phi) is 3.85. The van der Waals surface area contributed by atoms with Gasteiger partial charge in [0.1, 0.15) is 5.71 Å². The predicted octanol–water partition coefficient (Wildman–Crippen LogP) is 1.11. The Morgan fingerprint density at radius 3 is 2.70 bits per heavy atom. The summed E-state index contributed by atoms with van der Waals surface area (Å²) in [6, 6.07) is 7.76. The molecule has 0 saturated carbocycles. The van der Waals surface area contributed by atoms with Crippen LogP contribution < -0.4 is 5.43 Å². The average molecular weight is 274 g/mol. The summed E-state index contributed by atoms with van der Waals surface area (Å²) in [7, 11) is 5.86. The van der Waals surface area contributed by atoms with Gasteiger partial charge in [-0.3, -0.25) is 4.79 Å². The van der Waals surface area contributed by atoms with Gasteiger partial charge in [0.15, 0.2) is 12.4 Å². The molecule has 106 valence electrons. The van der Waals surface area contributed by atoms with E-state index in [1.165, 1.54) is 0 Å². The smallest absolute Gasteiger partial charge is 0.295 e. The van der Waals surface area contributed by atoms with Gasteiger partial charge in [0, 0.05) is 0 Å². The number of nitrogens with zero attached hydrogens (tertiary/aromatic N) is 3. The van der Waals surface area contributed by atoms with Crippen molar-refractivity contribution in [3.63, 3.8) is 0 Å². The van der Waals surface area contributed by atoms with Gasteiger partial charge < -0.3 is 9.47 Å². The number of imidazole rings is 1. The maximum absolute atomic E-state index is 11.7. The molecule has 0 bridgehead atoms. The second-order valence-corrected chi connectivity index (χ2v) is 5.78. The van der Waals surface area contributed by atoms with Crippen molar-refractivity contribution in [3.8, 4) is 0 Å². The van der Waals surface area contributed by atoms with Crippen molar-refractivity contribution in [2.24, 2.45) is 5.10 Å². The first-order valence-corrected chi connectivity index (χ1v) is 6.44. The molecule has 0 aliphatic heterocycles. The number of rotatable bonds is 4. The van der Waals surface area contributed by atoms with E-state index in [0.29, 0.717) is 22.6 Å². The monoisotopic (exact) mass is 274 g/mol. The molecule has 1 heterocycles. The minimum atomic E-state index is -0.118. The first-order valence-electron chi connectivity index (χ1n) is 6.44. The van der Waals surface area contributed by atoms with Gasteiger partial charge in [0.05, 0.1) is 32.2 Å². The number of aromatic amines is 1. The number of likely N-dealkylation sites (N-methyl/N-ethyl adjacent to an activating group) is 1. The van der Waals surface area contributed by atoms with Crippen LogP contribution in [0.25, 0.3) is 11.0 Å². The highest BCUT2D eigenvalue weighted by Crippen LogP contribution is 2.10. The van der Waals surface area contributed by atoms with E-state index >= 15 is 0 Å². The van der Waals surface area contributed by atoms with E-state index in [1.54, 1.807) is 0 Å². The van der Waals surface area contributed by atoms with Crippen LogP contribution in [0.4, 0.5) is 0 Å². The third kappa shape index (κ3) is 3.64. The number of hydrogen-bond donors (Lipinski definition) is 2. The normalized spacial score (nSPS) is 12.7. The largest absolute Gasteiger partial charge is 0.337 e. The summed E-state index contributed by atoms with van der Waals surface area (Å²) in [4.78, 5) is 19.3. The minimum absolute atomic E-state index is 0.118. The Morgan fingerprint density at radius 1 is 1.35 bits per heavy atom. The van der Waals surface area contributed by atoms with E-state index in [0.717, 1.165) is 11.0 Å². The summed E-state index contributed by atoms with van der Waals surface area (Å²) in [5.74, 6) is 0.546. The molecule has 6 nitrogen and oxygen atoms in total. The summed E-state index contributed by atoms with van der Waals surface area (Å²) < 4.78 is 0.561. The molecule has 0 spiro atoms. The van der Waals surface area contributed by atoms with Crippen molar-refractivity contribution >= 4 is 22.7 Å². The van der Waals surface area contributed by atoms with Crippen LogP contribution in [0.5, 0.6) is 0 Å². The van der Waals surface area contributed by atoms with Gasteiger partial charge in [0.25, 0.3) is 5.91 Å². The van der Waals surface area contributed by atoms with Gasteiger partial charge in [-0.25, -0.2) is 10.4 Å². The maximum Gasteiger partial charge on any atom is 0.295 e. The number of benzene rings is 1. The fraction of sp³-hybridized carbons (Fsp3) is 0.357. The van der Waals surface area contributed by atoms with Crippen molar-refractivity contribution in [1.82, 2.24) is 15.4 Å². The molecule has 0 aliphatic carbocycles. The highest BCUT2D eigenvalue weighted by molar-refractivity contribution is 5.98. The molecule has 2 N–H and O–H groups in total. The Hall–Kier alpha value is -2.21. The Bertz CT molecular complexity index is 618. The zero-order valence-electron chi connectivity index (χ0n) is 12.3. The van der Waals surface area contributed by atoms with Crippen molar-refractivity contribution in [2.75, 3.05) is 27.7 Å². The number of carbonyl (C=O) groups is 1. The summed E-state index contributed by atoms with van der Waals surface area (Å²) in [5.41, 5.74) is 5.04. The van der Waals surface area contributed by atoms with Gasteiger partial charge in [-0.15, -0.1) is 0 Å². The van der Waals surface area contributed by atoms with E-state index in [2.05, 4.69) is 20.5 Å². The zero-order valence-corrected chi connectivity index (χ0v) is 12.3. The number of para-hydroxylation sites is 2. The van der Waals surface area contributed by atoms with Crippen molar-refractivity contribution < 1.29 is 9.28 Å². The van der Waals surface area contributed by atoms with Crippen molar-refractivity contribution in [2.45, 2.75) is 6.92 Å². The number of amides is 1. The van der Waals surface area contributed by atoms with Crippen LogP contribution in [0.3, 0.4) is 0 Å². The summed E-state index contributed by atoms with van der Waals surface area (Å²) in [6.07, 6.45) is 0. The number of carbonyl (C=O) groups excluding carboxylic acids is 1. The fourth-order valence-electron chi connectivity index (χ4n) is 1.79. The number of fused-ring (bicyclic) bond motifs is 1. The van der Waals surface area contributed by atoms with Gasteiger partial charge in [-0.2, -0.15) is 5.10 Å². The molecule has 0 atom stereocenters. The molecular formula is C14H20N5O+. The Labute approximate surface area is 118 Å². The zero-order chi connectivity index (χ0) is 14.8. The molecule has 0 radical (unpaired) electrons. The van der Waals surface area contributed by atoms with Crippen LogP contribution >= 0.6 is 0 Å². The number of quaternary nitrogens is 1. The SMILES string of the molecule is C/C(=N\NC(=O)C[N+](C)(C)C)c1nc2ccccc2[nH]1. The molecule has 0 fully saturated rings. The molecule has 1 aromatic carbocycles. The second-order valence-electron chi connectivity index (χ2n) is 5.78. The first-order chi connectivity index (χ1) is 9.35. The first kappa shape index (κ1) is 14.2. The lowest BCUT2D eigenvalue weighted by molar-refractivity contribution is -0.862. The van der Waals surface area contributed by atoms with Gasteiger partial charge in [-0.1, -0.05) is 12.1 Å². The highest BCUT2D eigenvalue weighted by Gasteiger charge is 2.14. The van der Waals surface area contributed by atoms with Crippen LogP contribution in [-0.4, -0.2) is 53.8 Å². The van der Waals surface area contributed by atoms with Crippen LogP contribution in [0.1, 0.15) is 12.7 Å². The average Bonchev–Trinajstić information content (AvgIpc) is 2.77. The number of hydrazone groups is 1. The Balaban J connectivity index is 2.08. The highest BCUT2D eigenvalue weighted by atomic mass is 16.2. The Morgan fingerprint density at radius 2 is 2.05 bits per heavy atom. The van der Waals surface area contributed by atoms with E-state index in [1.807, 2.05) is 52.3 Å². The molecule has 0 aliphatic rings. The molecule has 2 rings (SSSR count). The maximum atomic E-state index is 11.7. The molecule has 6 heteroatoms. The third-order valence-electron chi connectivity index (χ3n) is 2.70. The standard InChI is InChI=1S/C14H19N5O/c1-10(17-18-13(20)9-19(2,3)4)14-15-11-7-5-6-8-12(11)16-14/h5-8H,9H2,1-4H3,(H-,15,16,17,18,20)/p+1. The van der Waals surface area contributed by atoms with E-state index < -0.39 is 0 Å². The van der Waals surface area contributed by atoms with Crippen LogP contribution in [0, 0.1) is 0 Å². The molecule has 1 amide bonds. The van der Waals surface area contributed by atoms with Gasteiger partial charge >= 0.3 is 0 Å². The lowest BCUT2D eigenvalue weighted by Crippen LogP contribution is -2.43. The number of nitrogens with one attached hydrogen (secondary N) is 2. The van der Waals surface area contributed by atoms with Crippen LogP contribution in [-0.2, 0) is 4.79 Å². The van der Waals surface area contributed by atoms with E-state index in [4.69, 9.17) is 0 Å². The van der Waals surface area contributed by atoms with Gasteiger partial charge in [-0.05, 0) is 19.1 Å². The third-order valence-corrected chi connectivity index (χ3v) is 2.70. The van der Waals surface area contributed by atoms with Gasteiger partial charge in [0.2, 0.25) is 0 Å². The molecule has 0 saturated heterocycles. The molecule has 2 aromatic rings. The number of aromatic nitrogens is 2. The number of hydrogen-bond acceptors (Lipinski definition) is 3. The van der Waals surface area contributed by atoms with Crippen molar-refractivity contribution in [1.29, 1.82) is 0 Å². The minimum Gasteiger partial charge on any atom is -0.337 e. The summed E-state index contributed by atoms with van der Waals surface area (Å²) in [5, 5.41) is 4.09. The quantitative estimate of drug-likeness (QED) is 0.498. The molecule has 20 heavy (non-hydrogen) atoms. The van der Waals surface area contributed by atoms with E-state index in [9.17, 15) is 4.79 Å². The molecule has 1 aromatic heterocycles. The summed E-state index contributed by atoms with van der Waals surface area (Å²) in [6.45, 7) is 2.18. The molecular weight excluding hydrogens is 254 g/mol. The van der Waals surface area contributed by atoms with E-state index in [-0.39, 0.29) is 5.91 Å². The van der Waals surface area contributed by atoms with Crippen molar-refractivity contribution in [3.05, 3.63) is 30.1 Å². The second kappa shape index (κ2) is 5.42. The lowest BCUT2D eigenvalue weighted by Gasteiger charge is -2.22. The topological polar surface area (TPSA) is 70.1 Å². The molecule has 0 unspecified atom stereocenters. The lowest BCUT2D eigenvalue weighted by atomic mass is 10.3. The van der Waals surface area contributed by atoms with Crippen LogP contribution in [0.2, 0.25) is 0 Å². The fourth-order valence-corrected chi connectivity index (χ4v) is 1.79. The predicted molar refractivity (Wildman–Crippen MR) is 79.3 cm³/mol.